The molecule has 2 nitrogen and oxygen atoms in total. The maximum absolute atomic E-state index is 12.6. The lowest BCUT2D eigenvalue weighted by atomic mass is 10.0. The summed E-state index contributed by atoms with van der Waals surface area (Å²) in [6.07, 6.45) is -3.14. The average molecular weight is 258 g/mol. The van der Waals surface area contributed by atoms with Crippen LogP contribution in [0.4, 0.5) is 19.0 Å². The van der Waals surface area contributed by atoms with Crippen LogP contribution in [0.5, 0.6) is 0 Å². The van der Waals surface area contributed by atoms with Gasteiger partial charge in [-0.15, -0.1) is 0 Å². The van der Waals surface area contributed by atoms with Crippen molar-refractivity contribution < 1.29 is 13.2 Å². The van der Waals surface area contributed by atoms with Gasteiger partial charge in [0.15, 0.2) is 0 Å². The van der Waals surface area contributed by atoms with Gasteiger partial charge in [-0.1, -0.05) is 27.7 Å². The second-order valence-corrected chi connectivity index (χ2v) is 5.95. The molecule has 0 atom stereocenters. The molecule has 1 fully saturated rings. The third-order valence-electron chi connectivity index (χ3n) is 4.40. The topological polar surface area (TPSA) is 24.9 Å². The molecule has 100 valence electrons. The molecule has 1 N–H and O–H groups in total. The van der Waals surface area contributed by atoms with Crippen LogP contribution in [0, 0.1) is 10.8 Å². The molecule has 1 aromatic rings. The predicted molar refractivity (Wildman–Crippen MR) is 64.2 cm³/mol. The number of aromatic nitrogens is 1. The van der Waals surface area contributed by atoms with Crippen molar-refractivity contribution in [1.82, 2.24) is 4.98 Å². The molecule has 1 aliphatic rings. The van der Waals surface area contributed by atoms with Crippen molar-refractivity contribution in [2.24, 2.45) is 10.8 Å². The van der Waals surface area contributed by atoms with E-state index in [0.29, 0.717) is 0 Å². The molecule has 0 aromatic carbocycles. The van der Waals surface area contributed by atoms with E-state index in [-0.39, 0.29) is 22.7 Å². The van der Waals surface area contributed by atoms with Crippen LogP contribution < -0.4 is 5.32 Å². The van der Waals surface area contributed by atoms with Crippen LogP contribution in [0.15, 0.2) is 18.3 Å². The molecule has 1 aromatic heterocycles. The zero-order valence-corrected chi connectivity index (χ0v) is 10.9. The van der Waals surface area contributed by atoms with Crippen molar-refractivity contribution in [2.45, 2.75) is 39.9 Å². The van der Waals surface area contributed by atoms with E-state index in [1.807, 2.05) is 0 Å². The zero-order valence-electron chi connectivity index (χ0n) is 10.9. The molecular weight excluding hydrogens is 241 g/mol. The number of hydrogen-bond donors (Lipinski definition) is 1. The summed E-state index contributed by atoms with van der Waals surface area (Å²) in [5, 5.41) is 3.10. The highest BCUT2D eigenvalue weighted by Crippen LogP contribution is 2.63. The number of alkyl halides is 3. The molecule has 0 saturated heterocycles. The molecule has 0 bridgehead atoms. The largest absolute Gasteiger partial charge is 0.416 e. The van der Waals surface area contributed by atoms with E-state index in [4.69, 9.17) is 0 Å². The van der Waals surface area contributed by atoms with E-state index < -0.39 is 11.7 Å². The summed E-state index contributed by atoms with van der Waals surface area (Å²) in [6, 6.07) is 2.18. The summed E-state index contributed by atoms with van der Waals surface area (Å²) in [5.74, 6) is 0.286. The summed E-state index contributed by atoms with van der Waals surface area (Å²) in [5.41, 5.74) is -0.553. The Morgan fingerprint density at radius 3 is 2.17 bits per heavy atom. The van der Waals surface area contributed by atoms with Gasteiger partial charge in [-0.3, -0.25) is 0 Å². The Hall–Kier alpha value is -1.26. The second-order valence-electron chi connectivity index (χ2n) is 5.95. The Morgan fingerprint density at radius 2 is 1.72 bits per heavy atom. The molecule has 2 rings (SSSR count). The van der Waals surface area contributed by atoms with Crippen LogP contribution in [0.1, 0.15) is 33.3 Å². The fourth-order valence-corrected chi connectivity index (χ4v) is 2.39. The summed E-state index contributed by atoms with van der Waals surface area (Å²) >= 11 is 0. The SMILES string of the molecule is CC1(C)C(Nc2cc(C(F)(F)F)ccn2)C1(C)C. The summed E-state index contributed by atoms with van der Waals surface area (Å²) < 4.78 is 37.7. The van der Waals surface area contributed by atoms with Gasteiger partial charge in [0.05, 0.1) is 5.56 Å². The normalized spacial score (nSPS) is 21.7. The Bertz CT molecular complexity index is 450. The molecular formula is C13H17F3N2. The third kappa shape index (κ3) is 1.95. The lowest BCUT2D eigenvalue weighted by molar-refractivity contribution is -0.137. The first kappa shape index (κ1) is 13.2. The summed E-state index contributed by atoms with van der Waals surface area (Å²) in [6.45, 7) is 8.38. The molecule has 0 amide bonds. The van der Waals surface area contributed by atoms with Crippen LogP contribution in [-0.2, 0) is 6.18 Å². The molecule has 0 aliphatic heterocycles. The van der Waals surface area contributed by atoms with Gasteiger partial charge < -0.3 is 5.32 Å². The second kappa shape index (κ2) is 3.62. The first-order valence-electron chi connectivity index (χ1n) is 5.86. The van der Waals surface area contributed by atoms with E-state index in [2.05, 4.69) is 38.0 Å². The fraction of sp³-hybridized carbons (Fsp3) is 0.615. The lowest BCUT2D eigenvalue weighted by Crippen LogP contribution is -2.13. The van der Waals surface area contributed by atoms with Crippen LogP contribution in [0.25, 0.3) is 0 Å². The quantitative estimate of drug-likeness (QED) is 0.868. The highest BCUT2D eigenvalue weighted by Gasteiger charge is 2.65. The maximum atomic E-state index is 12.6. The first-order valence-corrected chi connectivity index (χ1v) is 5.86. The van der Waals surface area contributed by atoms with Crippen molar-refractivity contribution in [3.63, 3.8) is 0 Å². The van der Waals surface area contributed by atoms with Crippen molar-refractivity contribution in [1.29, 1.82) is 0 Å². The number of hydrogen-bond acceptors (Lipinski definition) is 2. The van der Waals surface area contributed by atoms with Crippen molar-refractivity contribution >= 4 is 5.82 Å². The first-order chi connectivity index (χ1) is 8.07. The van der Waals surface area contributed by atoms with E-state index in [9.17, 15) is 13.2 Å². The van der Waals surface area contributed by atoms with Crippen LogP contribution >= 0.6 is 0 Å². The Balaban J connectivity index is 2.18. The van der Waals surface area contributed by atoms with Crippen LogP contribution in [0.2, 0.25) is 0 Å². The minimum atomic E-state index is -4.33. The Labute approximate surface area is 105 Å². The van der Waals surface area contributed by atoms with Gasteiger partial charge in [-0.05, 0) is 23.0 Å². The fourth-order valence-electron chi connectivity index (χ4n) is 2.39. The van der Waals surface area contributed by atoms with Crippen LogP contribution in [-0.4, -0.2) is 11.0 Å². The monoisotopic (exact) mass is 258 g/mol. The molecule has 0 radical (unpaired) electrons. The number of halogens is 3. The molecule has 0 unspecified atom stereocenters. The van der Waals surface area contributed by atoms with E-state index in [0.717, 1.165) is 12.1 Å². The number of nitrogens with one attached hydrogen (secondary N) is 1. The minimum Gasteiger partial charge on any atom is -0.366 e. The maximum Gasteiger partial charge on any atom is 0.416 e. The lowest BCUT2D eigenvalue weighted by Gasteiger charge is -2.10. The zero-order chi connectivity index (χ0) is 13.8. The van der Waals surface area contributed by atoms with Gasteiger partial charge in [0.2, 0.25) is 0 Å². The van der Waals surface area contributed by atoms with Crippen molar-refractivity contribution in [3.05, 3.63) is 23.9 Å². The van der Waals surface area contributed by atoms with Gasteiger partial charge >= 0.3 is 6.18 Å². The highest BCUT2D eigenvalue weighted by atomic mass is 19.4. The van der Waals surface area contributed by atoms with E-state index >= 15 is 0 Å². The van der Waals surface area contributed by atoms with Gasteiger partial charge in [0.1, 0.15) is 5.82 Å². The molecule has 5 heteroatoms. The summed E-state index contributed by atoms with van der Waals surface area (Å²) in [4.78, 5) is 3.95. The smallest absolute Gasteiger partial charge is 0.366 e. The van der Waals surface area contributed by atoms with Crippen molar-refractivity contribution in [2.75, 3.05) is 5.32 Å². The van der Waals surface area contributed by atoms with E-state index in [1.54, 1.807) is 0 Å². The molecule has 18 heavy (non-hydrogen) atoms. The van der Waals surface area contributed by atoms with Gasteiger partial charge in [-0.2, -0.15) is 13.2 Å². The highest BCUT2D eigenvalue weighted by molar-refractivity contribution is 5.44. The molecule has 1 aliphatic carbocycles. The standard InChI is InChI=1S/C13H17F3N2/c1-11(2)10(12(11,3)4)18-9-7-8(5-6-17-9)13(14,15)16/h5-7,10H,1-4H3,(H,17,18). The predicted octanol–water partition coefficient (Wildman–Crippen LogP) is 3.95. The molecule has 0 spiro atoms. The number of nitrogens with zero attached hydrogens (tertiary/aromatic N) is 1. The third-order valence-corrected chi connectivity index (χ3v) is 4.40. The number of rotatable bonds is 2. The van der Waals surface area contributed by atoms with Gasteiger partial charge in [0.25, 0.3) is 0 Å². The summed E-state index contributed by atoms with van der Waals surface area (Å²) in [7, 11) is 0. The number of anilines is 1. The Morgan fingerprint density at radius 1 is 1.17 bits per heavy atom. The van der Waals surface area contributed by atoms with E-state index in [1.165, 1.54) is 6.20 Å². The average Bonchev–Trinajstić information content (AvgIpc) is 2.60. The van der Waals surface area contributed by atoms with Crippen molar-refractivity contribution in [3.8, 4) is 0 Å². The number of pyridine rings is 1. The van der Waals surface area contributed by atoms with Crippen LogP contribution in [0.3, 0.4) is 0 Å². The van der Waals surface area contributed by atoms with Gasteiger partial charge in [-0.25, -0.2) is 4.98 Å². The minimum absolute atomic E-state index is 0.0584. The molecule has 1 saturated carbocycles. The van der Waals surface area contributed by atoms with Gasteiger partial charge in [0, 0.05) is 12.2 Å². The Kier molecular flexibility index (Phi) is 2.65. The molecule has 1 heterocycles.